The summed E-state index contributed by atoms with van der Waals surface area (Å²) in [4.78, 5) is 18.7. The van der Waals surface area contributed by atoms with Gasteiger partial charge in [-0.3, -0.25) is 10.0 Å². The molecule has 0 saturated heterocycles. The van der Waals surface area contributed by atoms with Crippen LogP contribution in [0.5, 0.6) is 0 Å². The molecule has 1 heterocycles. The molecule has 0 spiro atoms. The van der Waals surface area contributed by atoms with Crippen LogP contribution in [0.2, 0.25) is 10.3 Å². The maximum atomic E-state index is 13.0. The molecule has 10 heteroatoms. The van der Waals surface area contributed by atoms with Crippen molar-refractivity contribution in [1.82, 2.24) is 15.0 Å². The molecule has 0 saturated carbocycles. The highest BCUT2D eigenvalue weighted by Crippen LogP contribution is 2.31. The highest BCUT2D eigenvalue weighted by molar-refractivity contribution is 6.30. The van der Waals surface area contributed by atoms with E-state index in [1.165, 1.54) is 6.92 Å². The third kappa shape index (κ3) is 4.81. The fourth-order valence-corrected chi connectivity index (χ4v) is 2.36. The van der Waals surface area contributed by atoms with E-state index in [1.807, 2.05) is 0 Å². The summed E-state index contributed by atoms with van der Waals surface area (Å²) in [5, 5.41) is 10.3. The lowest BCUT2D eigenvalue weighted by molar-refractivity contribution is -0.174. The average Bonchev–Trinajstić information content (AvgIpc) is 2.54. The zero-order valence-electron chi connectivity index (χ0n) is 12.8. The quantitative estimate of drug-likeness (QED) is 0.477. The van der Waals surface area contributed by atoms with Crippen molar-refractivity contribution in [3.05, 3.63) is 57.6 Å². The van der Waals surface area contributed by atoms with E-state index in [0.717, 1.165) is 6.20 Å². The van der Waals surface area contributed by atoms with Crippen molar-refractivity contribution >= 4 is 29.1 Å². The molecule has 1 atom stereocenters. The molecule has 25 heavy (non-hydrogen) atoms. The second-order valence-electron chi connectivity index (χ2n) is 5.15. The first kappa shape index (κ1) is 19.4. The molecule has 0 radical (unpaired) electrons. The molecule has 2 aromatic rings. The second-order valence-corrected chi connectivity index (χ2v) is 5.93. The topological polar surface area (TPSA) is 66.3 Å². The van der Waals surface area contributed by atoms with Gasteiger partial charge in [-0.15, -0.1) is 0 Å². The van der Waals surface area contributed by atoms with Gasteiger partial charge in [-0.1, -0.05) is 23.7 Å². The van der Waals surface area contributed by atoms with Gasteiger partial charge in [0.2, 0.25) is 5.28 Å². The number of hydrogen-bond donors (Lipinski definition) is 1. The van der Waals surface area contributed by atoms with E-state index in [4.69, 9.17) is 23.2 Å². The van der Waals surface area contributed by atoms with Gasteiger partial charge < -0.3 is 0 Å². The summed E-state index contributed by atoms with van der Waals surface area (Å²) in [7, 11) is 0. The molecule has 0 aliphatic heterocycles. The molecule has 1 aromatic heterocycles. The smallest absolute Gasteiger partial charge is 0.285 e. The Bertz CT molecular complexity index is 770. The number of carbonyl (C=O) groups is 1. The van der Waals surface area contributed by atoms with Crippen molar-refractivity contribution in [3.63, 3.8) is 0 Å². The average molecular weight is 394 g/mol. The summed E-state index contributed by atoms with van der Waals surface area (Å²) in [6, 6.07) is 5.54. The van der Waals surface area contributed by atoms with E-state index in [0.29, 0.717) is 15.6 Å². The normalized spacial score (nSPS) is 12.8. The highest BCUT2D eigenvalue weighted by Gasteiger charge is 2.37. The van der Waals surface area contributed by atoms with Crippen LogP contribution in [-0.4, -0.2) is 26.1 Å². The summed E-state index contributed by atoms with van der Waals surface area (Å²) in [5.41, 5.74) is -1.23. The third-order valence-electron chi connectivity index (χ3n) is 3.42. The molecule has 0 fully saturated rings. The van der Waals surface area contributed by atoms with Crippen molar-refractivity contribution in [1.29, 1.82) is 0 Å². The van der Waals surface area contributed by atoms with Gasteiger partial charge in [-0.25, -0.2) is 15.0 Å². The molecule has 1 N–H and O–H groups in total. The van der Waals surface area contributed by atoms with Crippen LogP contribution in [0, 0.1) is 0 Å². The zero-order valence-corrected chi connectivity index (χ0v) is 14.3. The number of hydrogen-bond acceptors (Lipinski definition) is 4. The van der Waals surface area contributed by atoms with Crippen LogP contribution in [0.1, 0.15) is 29.8 Å². The predicted octanol–water partition coefficient (Wildman–Crippen LogP) is 4.32. The molecular formula is C15H12Cl2F3N3O2. The zero-order chi connectivity index (χ0) is 18.8. The molecule has 1 unspecified atom stereocenters. The van der Waals surface area contributed by atoms with E-state index >= 15 is 0 Å². The molecule has 1 amide bonds. The monoisotopic (exact) mass is 393 g/mol. The Hall–Kier alpha value is -1.90. The highest BCUT2D eigenvalue weighted by atomic mass is 35.5. The number of amides is 1. The second kappa shape index (κ2) is 7.55. The minimum Gasteiger partial charge on any atom is -0.285 e. The maximum absolute atomic E-state index is 13.0. The first-order valence-electron chi connectivity index (χ1n) is 6.94. The van der Waals surface area contributed by atoms with Gasteiger partial charge in [0, 0.05) is 16.8 Å². The Kier molecular flexibility index (Phi) is 5.87. The number of hydroxylamine groups is 2. The number of rotatable bonds is 4. The van der Waals surface area contributed by atoms with E-state index < -0.39 is 41.1 Å². The van der Waals surface area contributed by atoms with Gasteiger partial charge in [0.05, 0.1) is 12.5 Å². The molecule has 0 aliphatic rings. The SMILES string of the molecule is CC(c1ccc(Cl)cc1)N(O)C(=O)Cc1cnc(Cl)nc1C(F)(F)F. The Labute approximate surface area is 151 Å². The maximum Gasteiger partial charge on any atom is 0.433 e. The van der Waals surface area contributed by atoms with Crippen LogP contribution in [-0.2, 0) is 17.4 Å². The minimum absolute atomic E-state index is 0.359. The summed E-state index contributed by atoms with van der Waals surface area (Å²) < 4.78 is 39.0. The molecule has 0 aliphatic carbocycles. The number of benzene rings is 1. The first-order chi connectivity index (χ1) is 11.6. The Morgan fingerprint density at radius 2 is 1.88 bits per heavy atom. The Morgan fingerprint density at radius 1 is 1.28 bits per heavy atom. The standard InChI is InChI=1S/C15H12Cl2F3N3O2/c1-8(9-2-4-11(16)5-3-9)23(25)12(24)6-10-7-21-14(17)22-13(10)15(18,19)20/h2-5,7-8,25H,6H2,1H3. The largest absolute Gasteiger partial charge is 0.433 e. The van der Waals surface area contributed by atoms with E-state index in [-0.39, 0.29) is 0 Å². The molecular weight excluding hydrogens is 382 g/mol. The van der Waals surface area contributed by atoms with Gasteiger partial charge in [0.15, 0.2) is 5.69 Å². The van der Waals surface area contributed by atoms with Crippen molar-refractivity contribution < 1.29 is 23.2 Å². The molecule has 0 bridgehead atoms. The van der Waals surface area contributed by atoms with Gasteiger partial charge in [-0.2, -0.15) is 13.2 Å². The Balaban J connectivity index is 2.20. The fraction of sp³-hybridized carbons (Fsp3) is 0.267. The van der Waals surface area contributed by atoms with Crippen LogP contribution >= 0.6 is 23.2 Å². The fourth-order valence-electron chi connectivity index (χ4n) is 2.10. The van der Waals surface area contributed by atoms with Crippen LogP contribution < -0.4 is 0 Å². The summed E-state index contributed by atoms with van der Waals surface area (Å²) in [6.07, 6.45) is -4.72. The Morgan fingerprint density at radius 3 is 2.44 bits per heavy atom. The lowest BCUT2D eigenvalue weighted by atomic mass is 10.1. The van der Waals surface area contributed by atoms with Gasteiger partial charge in [-0.05, 0) is 36.2 Å². The minimum atomic E-state index is -4.80. The van der Waals surface area contributed by atoms with Gasteiger partial charge in [0.1, 0.15) is 0 Å². The lowest BCUT2D eigenvalue weighted by Gasteiger charge is -2.23. The predicted molar refractivity (Wildman–Crippen MR) is 84.2 cm³/mol. The van der Waals surface area contributed by atoms with Crippen molar-refractivity contribution in [2.24, 2.45) is 0 Å². The van der Waals surface area contributed by atoms with Crippen molar-refractivity contribution in [3.8, 4) is 0 Å². The van der Waals surface area contributed by atoms with Crippen LogP contribution in [0.25, 0.3) is 0 Å². The van der Waals surface area contributed by atoms with E-state index in [1.54, 1.807) is 24.3 Å². The summed E-state index contributed by atoms with van der Waals surface area (Å²) in [6.45, 7) is 1.52. The summed E-state index contributed by atoms with van der Waals surface area (Å²) in [5.74, 6) is -0.945. The van der Waals surface area contributed by atoms with Gasteiger partial charge in [0.25, 0.3) is 5.91 Å². The molecule has 134 valence electrons. The van der Waals surface area contributed by atoms with Crippen LogP contribution in [0.3, 0.4) is 0 Å². The van der Waals surface area contributed by atoms with Crippen molar-refractivity contribution in [2.75, 3.05) is 0 Å². The summed E-state index contributed by atoms with van der Waals surface area (Å²) >= 11 is 11.2. The van der Waals surface area contributed by atoms with E-state index in [9.17, 15) is 23.2 Å². The third-order valence-corrected chi connectivity index (χ3v) is 3.85. The molecule has 1 aromatic carbocycles. The first-order valence-corrected chi connectivity index (χ1v) is 7.70. The van der Waals surface area contributed by atoms with Crippen LogP contribution in [0.4, 0.5) is 13.2 Å². The number of carbonyl (C=O) groups excluding carboxylic acids is 1. The number of halogens is 5. The van der Waals surface area contributed by atoms with E-state index in [2.05, 4.69) is 9.97 Å². The molecule has 2 rings (SSSR count). The lowest BCUT2D eigenvalue weighted by Crippen LogP contribution is -2.32. The molecule has 5 nitrogen and oxygen atoms in total. The number of aromatic nitrogens is 2. The van der Waals surface area contributed by atoms with Crippen LogP contribution in [0.15, 0.2) is 30.5 Å². The van der Waals surface area contributed by atoms with Crippen molar-refractivity contribution in [2.45, 2.75) is 25.6 Å². The number of alkyl halides is 3. The van der Waals surface area contributed by atoms with Gasteiger partial charge >= 0.3 is 6.18 Å². The number of nitrogens with zero attached hydrogens (tertiary/aromatic N) is 3.